The smallest absolute Gasteiger partial charge is 0.342 e. The van der Waals surface area contributed by atoms with Crippen molar-refractivity contribution in [1.82, 2.24) is 0 Å². The summed E-state index contributed by atoms with van der Waals surface area (Å²) in [6.45, 7) is 4.00. The van der Waals surface area contributed by atoms with Gasteiger partial charge in [-0.3, -0.25) is 4.79 Å². The van der Waals surface area contributed by atoms with Crippen molar-refractivity contribution in [3.05, 3.63) is 46.1 Å². The molecule has 6 nitrogen and oxygen atoms in total. The van der Waals surface area contributed by atoms with Crippen LogP contribution in [0, 0.1) is 12.8 Å². The first-order valence-corrected chi connectivity index (χ1v) is 11.0. The third-order valence-electron chi connectivity index (χ3n) is 5.31. The number of rotatable bonds is 10. The molecular weight excluding hydrogens is 452 g/mol. The van der Waals surface area contributed by atoms with Crippen molar-refractivity contribution < 1.29 is 28.9 Å². The summed E-state index contributed by atoms with van der Waals surface area (Å²) < 4.78 is 15.5. The predicted molar refractivity (Wildman–Crippen MR) is 118 cm³/mol. The summed E-state index contributed by atoms with van der Waals surface area (Å²) in [4.78, 5) is 24.1. The summed E-state index contributed by atoms with van der Waals surface area (Å²) >= 11 is 3.33. The van der Waals surface area contributed by atoms with E-state index in [0.29, 0.717) is 42.6 Å². The van der Waals surface area contributed by atoms with Crippen LogP contribution in [-0.2, 0) is 27.3 Å². The standard InChI is InChI=1S/C23H29BrO6/c1-14(12-16(22(26)29-4)9-5-6-11-24)8-7-10-17-20(25)19-18(13-30-23(19)27)15(2)21(17)28-3/h5-6,8,16,25H,7,9-13H2,1-4H3/b6-5+,14-8+. The van der Waals surface area contributed by atoms with Gasteiger partial charge in [0.15, 0.2) is 0 Å². The van der Waals surface area contributed by atoms with E-state index in [1.165, 1.54) is 7.11 Å². The van der Waals surface area contributed by atoms with E-state index >= 15 is 0 Å². The van der Waals surface area contributed by atoms with Gasteiger partial charge in [0.1, 0.15) is 23.7 Å². The minimum absolute atomic E-state index is 0.0617. The van der Waals surface area contributed by atoms with Crippen molar-refractivity contribution in [2.45, 2.75) is 46.1 Å². The van der Waals surface area contributed by atoms with E-state index in [2.05, 4.69) is 15.9 Å². The van der Waals surface area contributed by atoms with E-state index in [1.807, 2.05) is 32.1 Å². The Morgan fingerprint density at radius 1 is 1.33 bits per heavy atom. The number of hydrogen-bond acceptors (Lipinski definition) is 6. The molecule has 1 aliphatic heterocycles. The molecular formula is C23H29BrO6. The van der Waals surface area contributed by atoms with E-state index in [9.17, 15) is 14.7 Å². The minimum atomic E-state index is -0.501. The molecule has 1 N–H and O–H groups in total. The van der Waals surface area contributed by atoms with Crippen molar-refractivity contribution >= 4 is 27.9 Å². The van der Waals surface area contributed by atoms with Gasteiger partial charge in [0.2, 0.25) is 0 Å². The van der Waals surface area contributed by atoms with Crippen molar-refractivity contribution in [1.29, 1.82) is 0 Å². The normalized spacial score (nSPS) is 14.6. The molecule has 0 spiro atoms. The number of ether oxygens (including phenoxy) is 3. The first kappa shape index (κ1) is 24.0. The van der Waals surface area contributed by atoms with Crippen LogP contribution in [0.2, 0.25) is 0 Å². The number of alkyl halides is 1. The summed E-state index contributed by atoms with van der Waals surface area (Å²) in [5.41, 5.74) is 3.40. The van der Waals surface area contributed by atoms with Crippen molar-refractivity contribution in [2.75, 3.05) is 19.5 Å². The second kappa shape index (κ2) is 11.2. The lowest BCUT2D eigenvalue weighted by Gasteiger charge is -2.16. The van der Waals surface area contributed by atoms with Crippen LogP contribution in [-0.4, -0.2) is 36.6 Å². The molecule has 0 radical (unpaired) electrons. The van der Waals surface area contributed by atoms with E-state index in [4.69, 9.17) is 14.2 Å². The summed E-state index contributed by atoms with van der Waals surface area (Å²) in [7, 11) is 2.95. The summed E-state index contributed by atoms with van der Waals surface area (Å²) in [5, 5.41) is 11.4. The van der Waals surface area contributed by atoms with Crippen molar-refractivity contribution in [3.63, 3.8) is 0 Å². The lowest BCUT2D eigenvalue weighted by atomic mass is 9.93. The van der Waals surface area contributed by atoms with Crippen molar-refractivity contribution in [3.8, 4) is 11.5 Å². The first-order valence-electron chi connectivity index (χ1n) is 9.88. The third-order valence-corrected chi connectivity index (χ3v) is 5.69. The molecule has 164 valence electrons. The molecule has 0 fully saturated rings. The fourth-order valence-electron chi connectivity index (χ4n) is 3.76. The molecule has 0 amide bonds. The Bertz CT molecular complexity index is 856. The predicted octanol–water partition coefficient (Wildman–Crippen LogP) is 4.78. The third kappa shape index (κ3) is 5.45. The van der Waals surface area contributed by atoms with Crippen LogP contribution in [0.25, 0.3) is 0 Å². The number of fused-ring (bicyclic) bond motifs is 1. The molecule has 7 heteroatoms. The number of phenolic OH excluding ortho intramolecular Hbond substituents is 1. The molecule has 0 bridgehead atoms. The number of hydrogen-bond donors (Lipinski definition) is 1. The van der Waals surface area contributed by atoms with Gasteiger partial charge in [-0.15, -0.1) is 0 Å². The molecule has 1 atom stereocenters. The van der Waals surface area contributed by atoms with Crippen LogP contribution in [0.4, 0.5) is 0 Å². The minimum Gasteiger partial charge on any atom is -0.507 e. The monoisotopic (exact) mass is 480 g/mol. The van der Waals surface area contributed by atoms with Crippen LogP contribution >= 0.6 is 15.9 Å². The largest absolute Gasteiger partial charge is 0.507 e. The Labute approximate surface area is 186 Å². The SMILES string of the molecule is COC(=O)C(C/C=C/CBr)C/C(C)=C/CCc1c(O)c2c(c(C)c1OC)COC2=O. The highest BCUT2D eigenvalue weighted by Crippen LogP contribution is 2.42. The van der Waals surface area contributed by atoms with Gasteiger partial charge < -0.3 is 19.3 Å². The fourth-order valence-corrected chi connectivity index (χ4v) is 4.02. The first-order chi connectivity index (χ1) is 14.3. The maximum absolute atomic E-state index is 12.1. The Kier molecular flexibility index (Phi) is 8.96. The van der Waals surface area contributed by atoms with Crippen LogP contribution in [0.15, 0.2) is 23.8 Å². The number of phenols is 1. The fraction of sp³-hybridized carbons (Fsp3) is 0.478. The Balaban J connectivity index is 2.15. The molecule has 30 heavy (non-hydrogen) atoms. The topological polar surface area (TPSA) is 82.1 Å². The Morgan fingerprint density at radius 2 is 2.07 bits per heavy atom. The molecule has 1 aromatic carbocycles. The zero-order valence-electron chi connectivity index (χ0n) is 17.9. The zero-order valence-corrected chi connectivity index (χ0v) is 19.5. The lowest BCUT2D eigenvalue weighted by molar-refractivity contribution is -0.145. The van der Waals surface area contributed by atoms with Gasteiger partial charge in [-0.1, -0.05) is 39.7 Å². The van der Waals surface area contributed by atoms with Gasteiger partial charge in [0.05, 0.1) is 20.1 Å². The van der Waals surface area contributed by atoms with Crippen LogP contribution in [0.3, 0.4) is 0 Å². The maximum Gasteiger partial charge on any atom is 0.342 e. The van der Waals surface area contributed by atoms with Gasteiger partial charge in [-0.05, 0) is 45.1 Å². The number of cyclic esters (lactones) is 1. The van der Waals surface area contributed by atoms with Gasteiger partial charge >= 0.3 is 11.9 Å². The highest BCUT2D eigenvalue weighted by Gasteiger charge is 2.31. The number of allylic oxidation sites excluding steroid dienone is 4. The quantitative estimate of drug-likeness (QED) is 0.294. The number of benzene rings is 1. The molecule has 0 saturated carbocycles. The van der Waals surface area contributed by atoms with E-state index < -0.39 is 5.97 Å². The number of aromatic hydroxyl groups is 1. The Morgan fingerprint density at radius 3 is 2.70 bits per heavy atom. The van der Waals surface area contributed by atoms with Gasteiger partial charge in [0.25, 0.3) is 0 Å². The highest BCUT2D eigenvalue weighted by molar-refractivity contribution is 9.09. The van der Waals surface area contributed by atoms with Crippen LogP contribution in [0.5, 0.6) is 11.5 Å². The lowest BCUT2D eigenvalue weighted by Crippen LogP contribution is -2.16. The number of carbonyl (C=O) groups is 2. The number of halogens is 1. The Hall–Kier alpha value is -2.28. The molecule has 0 aromatic heterocycles. The number of carbonyl (C=O) groups excluding carboxylic acids is 2. The molecule has 1 aliphatic rings. The zero-order chi connectivity index (χ0) is 22.3. The molecule has 1 unspecified atom stereocenters. The molecule has 0 aliphatic carbocycles. The van der Waals surface area contributed by atoms with E-state index in [0.717, 1.165) is 16.5 Å². The summed E-state index contributed by atoms with van der Waals surface area (Å²) in [6, 6.07) is 0. The number of methoxy groups -OCH3 is 2. The average Bonchev–Trinajstić information content (AvgIpc) is 3.12. The summed E-state index contributed by atoms with van der Waals surface area (Å²) in [6.07, 6.45) is 8.32. The highest BCUT2D eigenvalue weighted by atomic mass is 79.9. The molecule has 0 saturated heterocycles. The molecule has 2 rings (SSSR count). The van der Waals surface area contributed by atoms with Crippen LogP contribution < -0.4 is 4.74 Å². The maximum atomic E-state index is 12.1. The summed E-state index contributed by atoms with van der Waals surface area (Å²) in [5.74, 6) is -0.439. The average molecular weight is 481 g/mol. The van der Waals surface area contributed by atoms with Gasteiger partial charge in [0, 0.05) is 16.5 Å². The van der Waals surface area contributed by atoms with Crippen LogP contribution in [0.1, 0.15) is 53.2 Å². The molecule has 1 heterocycles. The second-order valence-electron chi connectivity index (χ2n) is 7.29. The number of esters is 2. The molecule has 1 aromatic rings. The second-order valence-corrected chi connectivity index (χ2v) is 7.94. The van der Waals surface area contributed by atoms with E-state index in [-0.39, 0.29) is 29.8 Å². The van der Waals surface area contributed by atoms with Crippen molar-refractivity contribution in [2.24, 2.45) is 5.92 Å². The van der Waals surface area contributed by atoms with Gasteiger partial charge in [-0.25, -0.2) is 4.79 Å². The van der Waals surface area contributed by atoms with Gasteiger partial charge in [-0.2, -0.15) is 0 Å². The van der Waals surface area contributed by atoms with E-state index in [1.54, 1.807) is 7.11 Å².